The molecule has 2 saturated heterocycles. The van der Waals surface area contributed by atoms with Gasteiger partial charge in [0, 0.05) is 44.1 Å². The number of thioether (sulfide) groups is 1. The maximum absolute atomic E-state index is 12.4. The van der Waals surface area contributed by atoms with Crippen LogP contribution in [-0.4, -0.2) is 69.7 Å². The molecule has 3 rings (SSSR count). The zero-order chi connectivity index (χ0) is 17.6. The molecule has 2 fully saturated rings. The summed E-state index contributed by atoms with van der Waals surface area (Å²) in [6, 6.07) is 2.14. The standard InChI is InChI=1S/C17H25N5O2S/c1-13-4-7-18-16(19-13)25-12-15(23)20-14-5-10-22(11-6-14)17(24)21-8-2-3-9-21/h4,7,14H,2-3,5-6,8-12H2,1H3,(H,20,23). The second-order valence-corrected chi connectivity index (χ2v) is 7.52. The van der Waals surface area contributed by atoms with Crippen LogP contribution in [-0.2, 0) is 4.79 Å². The number of nitrogens with one attached hydrogen (secondary N) is 1. The molecular formula is C17H25N5O2S. The van der Waals surface area contributed by atoms with E-state index in [1.165, 1.54) is 11.8 Å². The van der Waals surface area contributed by atoms with E-state index < -0.39 is 0 Å². The summed E-state index contributed by atoms with van der Waals surface area (Å²) < 4.78 is 0. The van der Waals surface area contributed by atoms with Crippen molar-refractivity contribution in [3.05, 3.63) is 18.0 Å². The third kappa shape index (κ3) is 5.07. The summed E-state index contributed by atoms with van der Waals surface area (Å²) in [4.78, 5) is 36.8. The summed E-state index contributed by atoms with van der Waals surface area (Å²) in [5.74, 6) is 0.315. The summed E-state index contributed by atoms with van der Waals surface area (Å²) in [5, 5.41) is 3.69. The van der Waals surface area contributed by atoms with Gasteiger partial charge in [0.25, 0.3) is 0 Å². The van der Waals surface area contributed by atoms with Gasteiger partial charge in [-0.15, -0.1) is 0 Å². The van der Waals surface area contributed by atoms with Gasteiger partial charge in [0.15, 0.2) is 5.16 Å². The Morgan fingerprint density at radius 3 is 2.56 bits per heavy atom. The maximum Gasteiger partial charge on any atom is 0.319 e. The second-order valence-electron chi connectivity index (χ2n) is 6.57. The normalized spacial score (nSPS) is 18.4. The molecule has 0 bridgehead atoms. The molecule has 136 valence electrons. The number of rotatable bonds is 4. The van der Waals surface area contributed by atoms with Crippen LogP contribution in [0.1, 0.15) is 31.4 Å². The highest BCUT2D eigenvalue weighted by Crippen LogP contribution is 2.17. The molecule has 0 saturated carbocycles. The maximum atomic E-state index is 12.4. The number of hydrogen-bond acceptors (Lipinski definition) is 5. The lowest BCUT2D eigenvalue weighted by molar-refractivity contribution is -0.119. The van der Waals surface area contributed by atoms with E-state index in [0.29, 0.717) is 24.0 Å². The molecular weight excluding hydrogens is 338 g/mol. The first-order valence-electron chi connectivity index (χ1n) is 8.87. The van der Waals surface area contributed by atoms with Gasteiger partial charge in [-0.2, -0.15) is 0 Å². The number of carbonyl (C=O) groups excluding carboxylic acids is 2. The molecule has 7 nitrogen and oxygen atoms in total. The van der Waals surface area contributed by atoms with Crippen molar-refractivity contribution in [2.24, 2.45) is 0 Å². The van der Waals surface area contributed by atoms with Gasteiger partial charge in [0.2, 0.25) is 5.91 Å². The highest BCUT2D eigenvalue weighted by atomic mass is 32.2. The van der Waals surface area contributed by atoms with Gasteiger partial charge in [0.1, 0.15) is 0 Å². The summed E-state index contributed by atoms with van der Waals surface area (Å²) >= 11 is 1.35. The Hall–Kier alpha value is -1.83. The van der Waals surface area contributed by atoms with E-state index in [-0.39, 0.29) is 18.0 Å². The number of aromatic nitrogens is 2. The minimum atomic E-state index is -0.000532. The first-order chi connectivity index (χ1) is 12.1. The average Bonchev–Trinajstić information content (AvgIpc) is 3.15. The van der Waals surface area contributed by atoms with E-state index in [0.717, 1.165) is 44.5 Å². The molecule has 2 aliphatic rings. The van der Waals surface area contributed by atoms with Gasteiger partial charge < -0.3 is 15.1 Å². The first kappa shape index (κ1) is 18.0. The number of piperidine rings is 1. The molecule has 1 N–H and O–H groups in total. The minimum Gasteiger partial charge on any atom is -0.353 e. The van der Waals surface area contributed by atoms with Crippen LogP contribution in [0.4, 0.5) is 4.79 Å². The van der Waals surface area contributed by atoms with Crippen molar-refractivity contribution in [1.29, 1.82) is 0 Å². The fourth-order valence-electron chi connectivity index (χ4n) is 3.22. The molecule has 0 aromatic carbocycles. The highest BCUT2D eigenvalue weighted by Gasteiger charge is 2.28. The highest BCUT2D eigenvalue weighted by molar-refractivity contribution is 7.99. The van der Waals surface area contributed by atoms with Crippen molar-refractivity contribution in [2.75, 3.05) is 31.9 Å². The fraction of sp³-hybridized carbons (Fsp3) is 0.647. The predicted octanol–water partition coefficient (Wildman–Crippen LogP) is 1.67. The van der Waals surface area contributed by atoms with Crippen LogP contribution < -0.4 is 5.32 Å². The third-order valence-corrected chi connectivity index (χ3v) is 5.47. The van der Waals surface area contributed by atoms with Crippen LogP contribution in [0.2, 0.25) is 0 Å². The lowest BCUT2D eigenvalue weighted by Gasteiger charge is -2.34. The van der Waals surface area contributed by atoms with Gasteiger partial charge in [-0.1, -0.05) is 11.8 Å². The average molecular weight is 363 g/mol. The van der Waals surface area contributed by atoms with Crippen molar-refractivity contribution >= 4 is 23.7 Å². The van der Waals surface area contributed by atoms with Crippen molar-refractivity contribution < 1.29 is 9.59 Å². The number of nitrogens with zero attached hydrogens (tertiary/aromatic N) is 4. The Balaban J connectivity index is 1.38. The van der Waals surface area contributed by atoms with Crippen molar-refractivity contribution in [1.82, 2.24) is 25.1 Å². The van der Waals surface area contributed by atoms with Crippen LogP contribution in [0, 0.1) is 6.92 Å². The van der Waals surface area contributed by atoms with E-state index in [9.17, 15) is 9.59 Å². The molecule has 3 amide bonds. The number of likely N-dealkylation sites (tertiary alicyclic amines) is 2. The zero-order valence-corrected chi connectivity index (χ0v) is 15.4. The Kier molecular flexibility index (Phi) is 6.12. The molecule has 0 aliphatic carbocycles. The van der Waals surface area contributed by atoms with E-state index in [1.807, 2.05) is 22.8 Å². The second kappa shape index (κ2) is 8.51. The quantitative estimate of drug-likeness (QED) is 0.650. The van der Waals surface area contributed by atoms with E-state index in [1.54, 1.807) is 6.20 Å². The molecule has 25 heavy (non-hydrogen) atoms. The largest absolute Gasteiger partial charge is 0.353 e. The van der Waals surface area contributed by atoms with E-state index in [4.69, 9.17) is 0 Å². The molecule has 0 unspecified atom stereocenters. The molecule has 3 heterocycles. The number of urea groups is 1. The number of hydrogen-bond donors (Lipinski definition) is 1. The molecule has 8 heteroatoms. The monoisotopic (exact) mass is 363 g/mol. The Morgan fingerprint density at radius 2 is 1.88 bits per heavy atom. The Bertz CT molecular complexity index is 613. The third-order valence-electron chi connectivity index (χ3n) is 4.61. The van der Waals surface area contributed by atoms with E-state index in [2.05, 4.69) is 15.3 Å². The molecule has 0 spiro atoms. The molecule has 0 atom stereocenters. The lowest BCUT2D eigenvalue weighted by Crippen LogP contribution is -2.50. The number of carbonyl (C=O) groups is 2. The SMILES string of the molecule is Cc1ccnc(SCC(=O)NC2CCN(C(=O)N3CCCC3)CC2)n1. The molecule has 2 aliphatic heterocycles. The van der Waals surface area contributed by atoms with Crippen LogP contribution in [0.3, 0.4) is 0 Å². The van der Waals surface area contributed by atoms with Crippen molar-refractivity contribution in [2.45, 2.75) is 43.8 Å². The van der Waals surface area contributed by atoms with Crippen LogP contribution in [0.15, 0.2) is 17.4 Å². The smallest absolute Gasteiger partial charge is 0.319 e. The summed E-state index contributed by atoms with van der Waals surface area (Å²) in [7, 11) is 0. The van der Waals surface area contributed by atoms with Crippen LogP contribution in [0.25, 0.3) is 0 Å². The summed E-state index contributed by atoms with van der Waals surface area (Å²) in [6.45, 7) is 5.10. The topological polar surface area (TPSA) is 78.4 Å². The molecule has 1 aromatic rings. The Morgan fingerprint density at radius 1 is 1.20 bits per heavy atom. The van der Waals surface area contributed by atoms with E-state index >= 15 is 0 Å². The summed E-state index contributed by atoms with van der Waals surface area (Å²) in [6.07, 6.45) is 5.56. The van der Waals surface area contributed by atoms with Gasteiger partial charge in [-0.25, -0.2) is 14.8 Å². The predicted molar refractivity (Wildman–Crippen MR) is 96.4 cm³/mol. The van der Waals surface area contributed by atoms with Gasteiger partial charge in [0.05, 0.1) is 5.75 Å². The van der Waals surface area contributed by atoms with Crippen LogP contribution >= 0.6 is 11.8 Å². The first-order valence-corrected chi connectivity index (χ1v) is 9.86. The van der Waals surface area contributed by atoms with Gasteiger partial charge >= 0.3 is 6.03 Å². The Labute approximate surface area is 152 Å². The fourth-order valence-corrected chi connectivity index (χ4v) is 3.91. The van der Waals surface area contributed by atoms with Crippen LogP contribution in [0.5, 0.6) is 0 Å². The van der Waals surface area contributed by atoms with Gasteiger partial charge in [-0.3, -0.25) is 4.79 Å². The minimum absolute atomic E-state index is 0.000532. The number of amides is 3. The van der Waals surface area contributed by atoms with Gasteiger partial charge in [-0.05, 0) is 38.7 Å². The zero-order valence-electron chi connectivity index (χ0n) is 14.6. The number of aryl methyl sites for hydroxylation is 1. The molecule has 1 aromatic heterocycles. The molecule has 0 radical (unpaired) electrons. The summed E-state index contributed by atoms with van der Waals surface area (Å²) in [5.41, 5.74) is 0.896. The van der Waals surface area contributed by atoms with Crippen molar-refractivity contribution in [3.63, 3.8) is 0 Å². The van der Waals surface area contributed by atoms with Crippen molar-refractivity contribution in [3.8, 4) is 0 Å². The lowest BCUT2D eigenvalue weighted by atomic mass is 10.1.